The predicted molar refractivity (Wildman–Crippen MR) is 129 cm³/mol. The van der Waals surface area contributed by atoms with Crippen LogP contribution in [-0.4, -0.2) is 38.6 Å². The molecule has 14 heteroatoms. The summed E-state index contributed by atoms with van der Waals surface area (Å²) in [5.41, 5.74) is -2.91. The molecule has 0 N–H and O–H groups in total. The van der Waals surface area contributed by atoms with E-state index in [2.05, 4.69) is 4.98 Å². The maximum Gasteiger partial charge on any atom is 0.417 e. The molecule has 2 aromatic rings. The molecule has 0 spiro atoms. The van der Waals surface area contributed by atoms with E-state index in [-0.39, 0.29) is 24.7 Å². The van der Waals surface area contributed by atoms with Crippen LogP contribution < -0.4 is 0 Å². The van der Waals surface area contributed by atoms with Crippen molar-refractivity contribution in [2.24, 2.45) is 11.8 Å². The number of hydrogen-bond acceptors (Lipinski definition) is 6. The van der Waals surface area contributed by atoms with E-state index in [1.165, 1.54) is 13.8 Å². The summed E-state index contributed by atoms with van der Waals surface area (Å²) in [6.45, 7) is 2.94. The zero-order chi connectivity index (χ0) is 29.6. The molecule has 0 bridgehead atoms. The largest absolute Gasteiger partial charge is 0.417 e. The molecule has 0 aliphatic heterocycles. The standard InChI is InChI=1S/C25H27F6NO5S2/c1-23(2,39(36,37)19-8-5-7-16(12-19)24(26,27)28)17-10-15(11-17)6-4-9-20(33)22-21(38(3,34)35)13-18(14-32-22)25(29,30)31/h5,7-8,12-15,17H,4,6,9-11H2,1-3H3. The van der Waals surface area contributed by atoms with E-state index >= 15 is 0 Å². The number of Topliss-reactive ketones (excluding diaryl/α,β-unsaturated/α-hetero) is 1. The summed E-state index contributed by atoms with van der Waals surface area (Å²) < 4.78 is 127. The van der Waals surface area contributed by atoms with Gasteiger partial charge in [0.2, 0.25) is 0 Å². The van der Waals surface area contributed by atoms with Crippen molar-refractivity contribution in [2.45, 2.75) is 72.8 Å². The third-order valence-electron chi connectivity index (χ3n) is 7.24. The number of alkyl halides is 6. The Balaban J connectivity index is 1.62. The normalized spacial score (nSPS) is 19.0. The number of carbonyl (C=O) groups excluding carboxylic acids is 1. The van der Waals surface area contributed by atoms with Crippen LogP contribution in [0.4, 0.5) is 26.3 Å². The van der Waals surface area contributed by atoms with Gasteiger partial charge < -0.3 is 0 Å². The summed E-state index contributed by atoms with van der Waals surface area (Å²) in [5.74, 6) is -1.05. The Kier molecular flexibility index (Phi) is 8.35. The second-order valence-corrected chi connectivity index (χ2v) is 14.8. The van der Waals surface area contributed by atoms with Crippen LogP contribution >= 0.6 is 0 Å². The van der Waals surface area contributed by atoms with Gasteiger partial charge in [0.25, 0.3) is 0 Å². The SMILES string of the molecule is CC(C)(C1CC(CCCC(=O)c2ncc(C(F)(F)F)cc2S(C)(=O)=O)C1)S(=O)(=O)c1cccc(C(F)(F)F)c1. The fraction of sp³-hybridized carbons (Fsp3) is 0.520. The first-order valence-corrected chi connectivity index (χ1v) is 15.3. The Morgan fingerprint density at radius 1 is 0.949 bits per heavy atom. The molecule has 1 aromatic heterocycles. The lowest BCUT2D eigenvalue weighted by Crippen LogP contribution is -2.46. The van der Waals surface area contributed by atoms with Gasteiger partial charge in [-0.3, -0.25) is 9.78 Å². The van der Waals surface area contributed by atoms with Gasteiger partial charge >= 0.3 is 12.4 Å². The highest BCUT2D eigenvalue weighted by atomic mass is 32.2. The van der Waals surface area contributed by atoms with E-state index < -0.39 is 69.2 Å². The molecule has 0 unspecified atom stereocenters. The number of hydrogen-bond donors (Lipinski definition) is 0. The Bertz CT molecular complexity index is 1460. The molecule has 0 atom stereocenters. The highest BCUT2D eigenvalue weighted by molar-refractivity contribution is 7.92. The van der Waals surface area contributed by atoms with Gasteiger partial charge in [-0.25, -0.2) is 16.8 Å². The minimum absolute atomic E-state index is 0.0220. The van der Waals surface area contributed by atoms with Crippen LogP contribution in [0.2, 0.25) is 0 Å². The lowest BCUT2D eigenvalue weighted by molar-refractivity contribution is -0.138. The zero-order valence-electron chi connectivity index (χ0n) is 21.2. The first kappa shape index (κ1) is 31.1. The van der Waals surface area contributed by atoms with Crippen LogP contribution in [-0.2, 0) is 32.0 Å². The maximum atomic E-state index is 13.2. The van der Waals surface area contributed by atoms with Crippen LogP contribution in [0, 0.1) is 11.8 Å². The van der Waals surface area contributed by atoms with E-state index in [0.717, 1.165) is 18.2 Å². The molecule has 1 aliphatic carbocycles. The fourth-order valence-electron chi connectivity index (χ4n) is 4.66. The highest BCUT2D eigenvalue weighted by Gasteiger charge is 2.48. The van der Waals surface area contributed by atoms with Crippen molar-refractivity contribution in [3.8, 4) is 0 Å². The van der Waals surface area contributed by atoms with Crippen LogP contribution in [0.25, 0.3) is 0 Å². The molecule has 0 radical (unpaired) electrons. The molecule has 1 heterocycles. The second kappa shape index (κ2) is 10.5. The molecule has 1 aliphatic rings. The zero-order valence-corrected chi connectivity index (χ0v) is 22.9. The summed E-state index contributed by atoms with van der Waals surface area (Å²) >= 11 is 0. The summed E-state index contributed by atoms with van der Waals surface area (Å²) in [7, 11) is -8.28. The van der Waals surface area contributed by atoms with Gasteiger partial charge in [0, 0.05) is 18.9 Å². The van der Waals surface area contributed by atoms with Crippen LogP contribution in [0.5, 0.6) is 0 Å². The Labute approximate surface area is 222 Å². The molecular weight excluding hydrogens is 572 g/mol. The average Bonchev–Trinajstić information content (AvgIpc) is 2.78. The summed E-state index contributed by atoms with van der Waals surface area (Å²) in [6, 6.07) is 3.99. The van der Waals surface area contributed by atoms with Gasteiger partial charge in [-0.15, -0.1) is 0 Å². The molecule has 1 aromatic carbocycles. The molecule has 6 nitrogen and oxygen atoms in total. The number of rotatable bonds is 9. The van der Waals surface area contributed by atoms with Gasteiger partial charge in [0.05, 0.1) is 25.7 Å². The molecule has 0 amide bonds. The molecule has 216 valence electrons. The molecule has 1 fully saturated rings. The van der Waals surface area contributed by atoms with Gasteiger partial charge in [-0.2, -0.15) is 26.3 Å². The van der Waals surface area contributed by atoms with Crippen molar-refractivity contribution in [1.82, 2.24) is 4.98 Å². The first-order valence-electron chi connectivity index (χ1n) is 11.9. The molecule has 39 heavy (non-hydrogen) atoms. The van der Waals surface area contributed by atoms with Crippen molar-refractivity contribution in [3.05, 3.63) is 53.3 Å². The molecule has 3 rings (SSSR count). The average molecular weight is 600 g/mol. The number of carbonyl (C=O) groups is 1. The van der Waals surface area contributed by atoms with E-state index in [0.29, 0.717) is 43.8 Å². The smallest absolute Gasteiger partial charge is 0.292 e. The van der Waals surface area contributed by atoms with E-state index in [9.17, 15) is 48.0 Å². The number of benzene rings is 1. The minimum Gasteiger partial charge on any atom is -0.292 e. The number of ketones is 1. The Hall–Kier alpha value is -2.48. The van der Waals surface area contributed by atoms with Crippen molar-refractivity contribution < 1.29 is 48.0 Å². The van der Waals surface area contributed by atoms with Gasteiger partial charge in [-0.1, -0.05) is 6.07 Å². The first-order chi connectivity index (χ1) is 17.7. The third-order valence-corrected chi connectivity index (χ3v) is 10.9. The summed E-state index contributed by atoms with van der Waals surface area (Å²) in [6.07, 6.45) is -6.97. The van der Waals surface area contributed by atoms with Gasteiger partial charge in [-0.05, 0) is 75.6 Å². The van der Waals surface area contributed by atoms with Crippen molar-refractivity contribution in [1.29, 1.82) is 0 Å². The fourth-order valence-corrected chi connectivity index (χ4v) is 7.30. The van der Waals surface area contributed by atoms with E-state index in [1.807, 2.05) is 0 Å². The highest BCUT2D eigenvalue weighted by Crippen LogP contribution is 2.48. The molecular formula is C25H27F6NO5S2. The number of halogens is 6. The van der Waals surface area contributed by atoms with E-state index in [4.69, 9.17) is 0 Å². The monoisotopic (exact) mass is 599 g/mol. The maximum absolute atomic E-state index is 13.2. The predicted octanol–water partition coefficient (Wildman–Crippen LogP) is 6.15. The Morgan fingerprint density at radius 2 is 1.54 bits per heavy atom. The van der Waals surface area contributed by atoms with E-state index in [1.54, 1.807) is 0 Å². The number of nitrogens with zero attached hydrogens (tertiary/aromatic N) is 1. The van der Waals surface area contributed by atoms with Crippen molar-refractivity contribution >= 4 is 25.5 Å². The van der Waals surface area contributed by atoms with Crippen LogP contribution in [0.3, 0.4) is 0 Å². The van der Waals surface area contributed by atoms with Crippen molar-refractivity contribution in [2.75, 3.05) is 6.26 Å². The molecule has 0 saturated heterocycles. The number of pyridine rings is 1. The summed E-state index contributed by atoms with van der Waals surface area (Å²) in [4.78, 5) is 14.9. The van der Waals surface area contributed by atoms with Gasteiger partial charge in [0.15, 0.2) is 25.5 Å². The summed E-state index contributed by atoms with van der Waals surface area (Å²) in [5, 5.41) is 0. The quantitative estimate of drug-likeness (QED) is 0.253. The van der Waals surface area contributed by atoms with Crippen LogP contribution in [0.1, 0.15) is 67.6 Å². The Morgan fingerprint density at radius 3 is 2.08 bits per heavy atom. The minimum atomic E-state index is -4.84. The third kappa shape index (κ3) is 6.64. The molecule has 1 saturated carbocycles. The lowest BCUT2D eigenvalue weighted by atomic mass is 9.67. The van der Waals surface area contributed by atoms with Crippen molar-refractivity contribution in [3.63, 3.8) is 0 Å². The second-order valence-electron chi connectivity index (χ2n) is 10.3. The lowest BCUT2D eigenvalue weighted by Gasteiger charge is -2.45. The van der Waals surface area contributed by atoms with Gasteiger partial charge in [0.1, 0.15) is 5.69 Å². The topological polar surface area (TPSA) is 98.2 Å². The number of aromatic nitrogens is 1. The number of sulfone groups is 2. The van der Waals surface area contributed by atoms with Crippen LogP contribution in [0.15, 0.2) is 46.3 Å².